The number of carbonyl (C=O) groups excluding carboxylic acids is 1. The molecule has 2 rings (SSSR count). The molecule has 0 atom stereocenters. The summed E-state index contributed by atoms with van der Waals surface area (Å²) < 4.78 is 5.55. The molecule has 4 N–H and O–H groups in total. The van der Waals surface area contributed by atoms with E-state index in [-0.39, 0.29) is 5.91 Å². The third-order valence-electron chi connectivity index (χ3n) is 2.37. The summed E-state index contributed by atoms with van der Waals surface area (Å²) in [6.45, 7) is 1.86. The number of H-pyrrole nitrogens is 1. The van der Waals surface area contributed by atoms with Gasteiger partial charge in [0.15, 0.2) is 0 Å². The van der Waals surface area contributed by atoms with E-state index in [0.29, 0.717) is 22.9 Å². The molecule has 18 heavy (non-hydrogen) atoms. The first-order chi connectivity index (χ1) is 8.60. The normalized spacial score (nSPS) is 10.1. The van der Waals surface area contributed by atoms with Gasteiger partial charge in [-0.2, -0.15) is 0 Å². The fourth-order valence-electron chi connectivity index (χ4n) is 1.50. The highest BCUT2D eigenvalue weighted by Gasteiger charge is 2.13. The second-order valence-electron chi connectivity index (χ2n) is 3.83. The van der Waals surface area contributed by atoms with Crippen molar-refractivity contribution in [3.05, 3.63) is 35.5 Å². The molecule has 0 aliphatic rings. The molecule has 0 unspecified atom stereocenters. The van der Waals surface area contributed by atoms with Crippen LogP contribution in [-0.4, -0.2) is 23.2 Å². The number of nitrogen functional groups attached to an aromatic ring is 1. The highest BCUT2D eigenvalue weighted by atomic mass is 16.5. The number of hydrogen-bond donors (Lipinski definition) is 3. The summed E-state index contributed by atoms with van der Waals surface area (Å²) in [5.74, 6) is 0.529. The summed E-state index contributed by atoms with van der Waals surface area (Å²) in [5.41, 5.74) is 7.49. The monoisotopic (exact) mass is 246 g/mol. The Hall–Kier alpha value is -2.50. The Bertz CT molecular complexity index is 577. The zero-order valence-corrected chi connectivity index (χ0v) is 10.2. The number of aromatic amines is 1. The smallest absolute Gasteiger partial charge is 0.254 e. The van der Waals surface area contributed by atoms with Gasteiger partial charge in [-0.05, 0) is 19.1 Å². The second-order valence-corrected chi connectivity index (χ2v) is 3.83. The fourth-order valence-corrected chi connectivity index (χ4v) is 1.50. The number of aryl methyl sites for hydroxylation is 1. The third-order valence-corrected chi connectivity index (χ3v) is 2.37. The summed E-state index contributed by atoms with van der Waals surface area (Å²) in [6.07, 6.45) is 0. The molecule has 1 aromatic heterocycles. The topological polar surface area (TPSA) is 93.0 Å². The number of amides is 1. The van der Waals surface area contributed by atoms with Crippen molar-refractivity contribution in [3.63, 3.8) is 0 Å². The Labute approximate surface area is 104 Å². The van der Waals surface area contributed by atoms with Gasteiger partial charge in [0.25, 0.3) is 5.91 Å². The number of hydrogen-bond acceptors (Lipinski definition) is 4. The Kier molecular flexibility index (Phi) is 3.18. The predicted octanol–water partition coefficient (Wildman–Crippen LogP) is 1.45. The van der Waals surface area contributed by atoms with Gasteiger partial charge in [-0.15, -0.1) is 5.10 Å². The van der Waals surface area contributed by atoms with Crippen LogP contribution >= 0.6 is 0 Å². The summed E-state index contributed by atoms with van der Waals surface area (Å²) >= 11 is 0. The molecular formula is C12H14N4O2. The lowest BCUT2D eigenvalue weighted by Gasteiger charge is -2.08. The van der Waals surface area contributed by atoms with Crippen LogP contribution in [0.3, 0.4) is 0 Å². The van der Waals surface area contributed by atoms with Crippen molar-refractivity contribution in [2.45, 2.75) is 6.92 Å². The van der Waals surface area contributed by atoms with Crippen molar-refractivity contribution in [2.75, 3.05) is 12.8 Å². The Morgan fingerprint density at radius 2 is 2.22 bits per heavy atom. The molecule has 0 aliphatic carbocycles. The summed E-state index contributed by atoms with van der Waals surface area (Å²) in [4.78, 5) is 11.7. The van der Waals surface area contributed by atoms with E-state index in [2.05, 4.69) is 15.5 Å². The van der Waals surface area contributed by atoms with E-state index >= 15 is 0 Å². The number of ether oxygens (including phenoxy) is 1. The SMILES string of the molecule is CNC(=O)c1ccc(N)cc1Oc1cc(C)[nH]n1. The quantitative estimate of drug-likeness (QED) is 0.714. The zero-order valence-electron chi connectivity index (χ0n) is 10.2. The number of benzene rings is 1. The number of rotatable bonds is 3. The zero-order chi connectivity index (χ0) is 13.1. The number of aromatic nitrogens is 2. The molecule has 1 amide bonds. The van der Waals surface area contributed by atoms with Crippen LogP contribution < -0.4 is 15.8 Å². The Morgan fingerprint density at radius 3 is 2.83 bits per heavy atom. The van der Waals surface area contributed by atoms with Gasteiger partial charge in [0, 0.05) is 30.6 Å². The Balaban J connectivity index is 2.36. The lowest BCUT2D eigenvalue weighted by molar-refractivity contribution is 0.0961. The van der Waals surface area contributed by atoms with Crippen LogP contribution in [0.1, 0.15) is 16.1 Å². The molecule has 0 saturated carbocycles. The van der Waals surface area contributed by atoms with Gasteiger partial charge in [-0.25, -0.2) is 0 Å². The summed E-state index contributed by atoms with van der Waals surface area (Å²) in [7, 11) is 1.56. The van der Waals surface area contributed by atoms with Crippen molar-refractivity contribution in [1.82, 2.24) is 15.5 Å². The molecule has 0 bridgehead atoms. The van der Waals surface area contributed by atoms with E-state index in [1.807, 2.05) is 6.92 Å². The Morgan fingerprint density at radius 1 is 1.44 bits per heavy atom. The van der Waals surface area contributed by atoms with E-state index in [4.69, 9.17) is 10.5 Å². The van der Waals surface area contributed by atoms with Crippen LogP contribution in [0.4, 0.5) is 5.69 Å². The maximum atomic E-state index is 11.7. The molecule has 0 radical (unpaired) electrons. The summed E-state index contributed by atoms with van der Waals surface area (Å²) in [5, 5.41) is 9.25. The maximum Gasteiger partial charge on any atom is 0.254 e. The first kappa shape index (κ1) is 12.0. The van der Waals surface area contributed by atoms with Crippen molar-refractivity contribution >= 4 is 11.6 Å². The first-order valence-corrected chi connectivity index (χ1v) is 5.41. The van der Waals surface area contributed by atoms with Gasteiger partial charge in [-0.1, -0.05) is 0 Å². The number of carbonyl (C=O) groups is 1. The molecule has 94 valence electrons. The number of anilines is 1. The molecule has 6 nitrogen and oxygen atoms in total. The molecule has 2 aromatic rings. The van der Waals surface area contributed by atoms with Crippen LogP contribution in [0.2, 0.25) is 0 Å². The lowest BCUT2D eigenvalue weighted by atomic mass is 10.1. The van der Waals surface area contributed by atoms with Crippen molar-refractivity contribution < 1.29 is 9.53 Å². The van der Waals surface area contributed by atoms with Crippen LogP contribution in [0.5, 0.6) is 11.6 Å². The maximum absolute atomic E-state index is 11.7. The summed E-state index contributed by atoms with van der Waals surface area (Å²) in [6, 6.07) is 6.58. The van der Waals surface area contributed by atoms with Gasteiger partial charge in [0.2, 0.25) is 5.88 Å². The average Bonchev–Trinajstić information content (AvgIpc) is 2.74. The highest BCUT2D eigenvalue weighted by Crippen LogP contribution is 2.26. The van der Waals surface area contributed by atoms with Crippen LogP contribution in [0.25, 0.3) is 0 Å². The standard InChI is InChI=1S/C12H14N4O2/c1-7-5-11(16-15-7)18-10-6-8(13)3-4-9(10)12(17)14-2/h3-6H,13H2,1-2H3,(H,14,17)(H,15,16). The highest BCUT2D eigenvalue weighted by molar-refractivity contribution is 5.97. The number of nitrogens with zero attached hydrogens (tertiary/aromatic N) is 1. The predicted molar refractivity (Wildman–Crippen MR) is 67.6 cm³/mol. The minimum atomic E-state index is -0.239. The van der Waals surface area contributed by atoms with E-state index < -0.39 is 0 Å². The fraction of sp³-hybridized carbons (Fsp3) is 0.167. The van der Waals surface area contributed by atoms with Gasteiger partial charge in [-0.3, -0.25) is 9.89 Å². The molecular weight excluding hydrogens is 232 g/mol. The van der Waals surface area contributed by atoms with E-state index in [1.165, 1.54) is 0 Å². The van der Waals surface area contributed by atoms with E-state index in [9.17, 15) is 4.79 Å². The van der Waals surface area contributed by atoms with Crippen molar-refractivity contribution in [3.8, 4) is 11.6 Å². The molecule has 0 aliphatic heterocycles. The second kappa shape index (κ2) is 4.79. The third kappa shape index (κ3) is 2.42. The molecule has 1 heterocycles. The van der Waals surface area contributed by atoms with Crippen LogP contribution in [0.15, 0.2) is 24.3 Å². The first-order valence-electron chi connectivity index (χ1n) is 5.41. The minimum Gasteiger partial charge on any atom is -0.437 e. The van der Waals surface area contributed by atoms with Crippen molar-refractivity contribution in [1.29, 1.82) is 0 Å². The molecule has 0 fully saturated rings. The number of nitrogens with one attached hydrogen (secondary N) is 2. The van der Waals surface area contributed by atoms with Gasteiger partial charge in [0.1, 0.15) is 5.75 Å². The van der Waals surface area contributed by atoms with Gasteiger partial charge in [0.05, 0.1) is 5.56 Å². The molecule has 0 spiro atoms. The van der Waals surface area contributed by atoms with E-state index in [0.717, 1.165) is 5.69 Å². The average molecular weight is 246 g/mol. The van der Waals surface area contributed by atoms with Gasteiger partial charge >= 0.3 is 0 Å². The molecule has 6 heteroatoms. The van der Waals surface area contributed by atoms with Gasteiger partial charge < -0.3 is 15.8 Å². The van der Waals surface area contributed by atoms with Crippen LogP contribution in [0, 0.1) is 6.92 Å². The number of nitrogens with two attached hydrogens (primary N) is 1. The lowest BCUT2D eigenvalue weighted by Crippen LogP contribution is -2.18. The van der Waals surface area contributed by atoms with Crippen molar-refractivity contribution in [2.24, 2.45) is 0 Å². The largest absolute Gasteiger partial charge is 0.437 e. The van der Waals surface area contributed by atoms with E-state index in [1.54, 1.807) is 31.3 Å². The van der Waals surface area contributed by atoms with Crippen LogP contribution in [-0.2, 0) is 0 Å². The molecule has 1 aromatic carbocycles. The minimum absolute atomic E-state index is 0.239. The molecule has 0 saturated heterocycles.